The zero-order valence-corrected chi connectivity index (χ0v) is 12.0. The van der Waals surface area contributed by atoms with E-state index in [4.69, 9.17) is 4.42 Å². The number of carbonyl (C=O) groups excluding carboxylic acids is 2. The molecule has 1 unspecified atom stereocenters. The van der Waals surface area contributed by atoms with Crippen molar-refractivity contribution >= 4 is 11.8 Å². The summed E-state index contributed by atoms with van der Waals surface area (Å²) in [6.45, 7) is 2.39. The summed E-state index contributed by atoms with van der Waals surface area (Å²) in [5.41, 5.74) is 0. The second kappa shape index (κ2) is 6.16. The number of hydrogen-bond acceptors (Lipinski definition) is 3. The first kappa shape index (κ1) is 13.9. The molecule has 0 radical (unpaired) electrons. The summed E-state index contributed by atoms with van der Waals surface area (Å²) in [5.74, 6) is 0.645. The smallest absolute Gasteiger partial charge is 0.289 e. The van der Waals surface area contributed by atoms with Crippen LogP contribution in [0.1, 0.15) is 29.8 Å². The van der Waals surface area contributed by atoms with Gasteiger partial charge >= 0.3 is 0 Å². The van der Waals surface area contributed by atoms with E-state index in [0.29, 0.717) is 31.9 Å². The van der Waals surface area contributed by atoms with Gasteiger partial charge in [0.1, 0.15) is 0 Å². The predicted octanol–water partition coefficient (Wildman–Crippen LogP) is 1.92. The van der Waals surface area contributed by atoms with Gasteiger partial charge in [-0.05, 0) is 31.4 Å². The molecule has 0 N–H and O–H groups in total. The Balaban J connectivity index is 1.54. The fourth-order valence-electron chi connectivity index (χ4n) is 2.96. The molecule has 2 aliphatic rings. The molecule has 0 saturated carbocycles. The highest BCUT2D eigenvalue weighted by Crippen LogP contribution is 2.21. The van der Waals surface area contributed by atoms with Crippen molar-refractivity contribution in [2.75, 3.05) is 26.2 Å². The number of amides is 2. The van der Waals surface area contributed by atoms with Gasteiger partial charge in [0.2, 0.25) is 5.91 Å². The van der Waals surface area contributed by atoms with Gasteiger partial charge in [-0.2, -0.15) is 0 Å². The molecular weight excluding hydrogens is 268 g/mol. The van der Waals surface area contributed by atoms with E-state index >= 15 is 0 Å². The van der Waals surface area contributed by atoms with E-state index in [2.05, 4.69) is 12.2 Å². The van der Waals surface area contributed by atoms with E-state index in [1.807, 2.05) is 4.90 Å². The van der Waals surface area contributed by atoms with Gasteiger partial charge in [-0.3, -0.25) is 9.59 Å². The average Bonchev–Trinajstić information content (AvgIpc) is 3.09. The molecule has 5 nitrogen and oxygen atoms in total. The number of nitrogens with zero attached hydrogens (tertiary/aromatic N) is 2. The van der Waals surface area contributed by atoms with Crippen molar-refractivity contribution in [3.8, 4) is 0 Å². The van der Waals surface area contributed by atoms with Crippen LogP contribution in [0, 0.1) is 5.92 Å². The standard InChI is InChI=1S/C16H20N2O3/c19-15(13-5-2-1-3-6-13)17-8-10-18(11-9-17)16(20)14-7-4-12-21-14/h1-2,4,7,12-13H,3,5-6,8-11H2. The number of carbonyl (C=O) groups is 2. The lowest BCUT2D eigenvalue weighted by Gasteiger charge is -2.36. The molecule has 1 atom stereocenters. The van der Waals surface area contributed by atoms with Crippen molar-refractivity contribution in [2.24, 2.45) is 5.92 Å². The molecule has 0 bridgehead atoms. The Hall–Kier alpha value is -2.04. The monoisotopic (exact) mass is 288 g/mol. The minimum absolute atomic E-state index is 0.0901. The quantitative estimate of drug-likeness (QED) is 0.781. The molecule has 1 aliphatic heterocycles. The number of hydrogen-bond donors (Lipinski definition) is 0. The normalized spacial score (nSPS) is 22.4. The first-order chi connectivity index (χ1) is 10.3. The lowest BCUT2D eigenvalue weighted by Crippen LogP contribution is -2.52. The summed E-state index contributed by atoms with van der Waals surface area (Å²) in [6, 6.07) is 3.39. The van der Waals surface area contributed by atoms with Gasteiger partial charge in [-0.15, -0.1) is 0 Å². The molecule has 1 fully saturated rings. The van der Waals surface area contributed by atoms with Gasteiger partial charge in [0.25, 0.3) is 5.91 Å². The van der Waals surface area contributed by atoms with Crippen molar-refractivity contribution in [1.29, 1.82) is 0 Å². The molecule has 1 aromatic heterocycles. The fourth-order valence-corrected chi connectivity index (χ4v) is 2.96. The maximum atomic E-state index is 12.4. The van der Waals surface area contributed by atoms with Crippen LogP contribution in [0.4, 0.5) is 0 Å². The highest BCUT2D eigenvalue weighted by molar-refractivity contribution is 5.91. The van der Waals surface area contributed by atoms with Crippen LogP contribution >= 0.6 is 0 Å². The van der Waals surface area contributed by atoms with E-state index in [0.717, 1.165) is 19.3 Å². The Labute approximate surface area is 124 Å². The van der Waals surface area contributed by atoms with E-state index in [1.165, 1.54) is 6.26 Å². The summed E-state index contributed by atoms with van der Waals surface area (Å²) in [6.07, 6.45) is 8.54. The minimum Gasteiger partial charge on any atom is -0.459 e. The van der Waals surface area contributed by atoms with E-state index in [1.54, 1.807) is 17.0 Å². The number of rotatable bonds is 2. The van der Waals surface area contributed by atoms with Crippen LogP contribution < -0.4 is 0 Å². The van der Waals surface area contributed by atoms with Crippen LogP contribution in [0.3, 0.4) is 0 Å². The Kier molecular flexibility index (Phi) is 4.08. The van der Waals surface area contributed by atoms with Crippen LogP contribution in [-0.4, -0.2) is 47.8 Å². The van der Waals surface area contributed by atoms with Crippen molar-refractivity contribution in [2.45, 2.75) is 19.3 Å². The summed E-state index contributed by atoms with van der Waals surface area (Å²) in [4.78, 5) is 28.2. The van der Waals surface area contributed by atoms with Gasteiger partial charge in [0.05, 0.1) is 6.26 Å². The Morgan fingerprint density at radius 1 is 1.10 bits per heavy atom. The highest BCUT2D eigenvalue weighted by Gasteiger charge is 2.29. The third-order valence-electron chi connectivity index (χ3n) is 4.23. The van der Waals surface area contributed by atoms with Crippen molar-refractivity contribution < 1.29 is 14.0 Å². The lowest BCUT2D eigenvalue weighted by molar-refractivity contribution is -0.137. The predicted molar refractivity (Wildman–Crippen MR) is 77.7 cm³/mol. The largest absolute Gasteiger partial charge is 0.459 e. The topological polar surface area (TPSA) is 53.8 Å². The molecule has 1 saturated heterocycles. The minimum atomic E-state index is -0.0901. The molecule has 1 aromatic rings. The van der Waals surface area contributed by atoms with Crippen molar-refractivity contribution in [1.82, 2.24) is 9.80 Å². The van der Waals surface area contributed by atoms with Crippen LogP contribution in [-0.2, 0) is 4.79 Å². The summed E-state index contributed by atoms with van der Waals surface area (Å²) < 4.78 is 5.14. The molecule has 2 amide bonds. The summed E-state index contributed by atoms with van der Waals surface area (Å²) in [5, 5.41) is 0. The number of piperazine rings is 1. The lowest BCUT2D eigenvalue weighted by atomic mass is 9.93. The third-order valence-corrected chi connectivity index (χ3v) is 4.23. The Morgan fingerprint density at radius 2 is 1.86 bits per heavy atom. The molecule has 21 heavy (non-hydrogen) atoms. The number of furan rings is 1. The van der Waals surface area contributed by atoms with Gasteiger partial charge in [-0.25, -0.2) is 0 Å². The van der Waals surface area contributed by atoms with Gasteiger partial charge < -0.3 is 14.2 Å². The van der Waals surface area contributed by atoms with Crippen molar-refractivity contribution in [3.63, 3.8) is 0 Å². The van der Waals surface area contributed by atoms with Crippen molar-refractivity contribution in [3.05, 3.63) is 36.3 Å². The van der Waals surface area contributed by atoms with Crippen LogP contribution in [0.2, 0.25) is 0 Å². The first-order valence-electron chi connectivity index (χ1n) is 7.52. The van der Waals surface area contributed by atoms with Crippen LogP contribution in [0.25, 0.3) is 0 Å². The summed E-state index contributed by atoms with van der Waals surface area (Å²) >= 11 is 0. The van der Waals surface area contributed by atoms with Gasteiger partial charge in [0, 0.05) is 32.1 Å². The maximum Gasteiger partial charge on any atom is 0.289 e. The molecule has 112 valence electrons. The van der Waals surface area contributed by atoms with E-state index in [9.17, 15) is 9.59 Å². The second-order valence-electron chi connectivity index (χ2n) is 5.58. The van der Waals surface area contributed by atoms with Gasteiger partial charge in [-0.1, -0.05) is 12.2 Å². The van der Waals surface area contributed by atoms with Crippen LogP contribution in [0.15, 0.2) is 35.0 Å². The maximum absolute atomic E-state index is 12.4. The zero-order valence-electron chi connectivity index (χ0n) is 12.0. The fraction of sp³-hybridized carbons (Fsp3) is 0.500. The van der Waals surface area contributed by atoms with Gasteiger partial charge in [0.15, 0.2) is 5.76 Å². The molecule has 5 heteroatoms. The zero-order chi connectivity index (χ0) is 14.7. The second-order valence-corrected chi connectivity index (χ2v) is 5.58. The Morgan fingerprint density at radius 3 is 2.48 bits per heavy atom. The molecule has 1 aliphatic carbocycles. The molecule has 0 aromatic carbocycles. The molecular formula is C16H20N2O3. The highest BCUT2D eigenvalue weighted by atomic mass is 16.3. The average molecular weight is 288 g/mol. The number of allylic oxidation sites excluding steroid dienone is 2. The van der Waals surface area contributed by atoms with E-state index in [-0.39, 0.29) is 17.7 Å². The molecule has 3 rings (SSSR count). The first-order valence-corrected chi connectivity index (χ1v) is 7.52. The molecule has 2 heterocycles. The van der Waals surface area contributed by atoms with Crippen LogP contribution in [0.5, 0.6) is 0 Å². The van der Waals surface area contributed by atoms with E-state index < -0.39 is 0 Å². The summed E-state index contributed by atoms with van der Waals surface area (Å²) in [7, 11) is 0. The Bertz CT molecular complexity index is 528. The molecule has 0 spiro atoms. The third kappa shape index (κ3) is 3.01. The SMILES string of the molecule is O=C(c1ccco1)N1CCN(C(=O)C2CC=CCC2)CC1.